The van der Waals surface area contributed by atoms with Gasteiger partial charge in [-0.3, -0.25) is 3.96 Å². The van der Waals surface area contributed by atoms with Crippen molar-refractivity contribution < 1.29 is 4.74 Å². The minimum absolute atomic E-state index is 0.241. The topological polar surface area (TPSA) is 26.2 Å². The van der Waals surface area contributed by atoms with Crippen LogP contribution in [0.2, 0.25) is 10.0 Å². The minimum Gasteiger partial charge on any atom is -0.494 e. The second kappa shape index (κ2) is 6.82. The molecule has 2 aromatic carbocycles. The summed E-state index contributed by atoms with van der Waals surface area (Å²) in [6, 6.07) is 11.7. The van der Waals surface area contributed by atoms with E-state index in [2.05, 4.69) is 31.3 Å². The van der Waals surface area contributed by atoms with Crippen LogP contribution in [-0.4, -0.2) is 10.6 Å². The Hall–Kier alpha value is -1.53. The highest BCUT2D eigenvalue weighted by molar-refractivity contribution is 7.71. The highest BCUT2D eigenvalue weighted by Gasteiger charge is 2.34. The zero-order valence-electron chi connectivity index (χ0n) is 15.1. The molecule has 0 saturated carbocycles. The average Bonchev–Trinajstić information content (AvgIpc) is 2.97. The SMILES string of the molecule is CCOc1ccc2c(c1)-c1c(sn(-c3ccc(Cl)c(Cl)c3)c1=S)C(C)(C)N2. The van der Waals surface area contributed by atoms with Gasteiger partial charge in [0.05, 0.1) is 32.8 Å². The molecule has 3 nitrogen and oxygen atoms in total. The second-order valence-electron chi connectivity index (χ2n) is 6.88. The van der Waals surface area contributed by atoms with Crippen LogP contribution in [0.5, 0.6) is 5.75 Å². The number of hydrogen-bond donors (Lipinski definition) is 1. The van der Waals surface area contributed by atoms with Gasteiger partial charge in [-0.2, -0.15) is 0 Å². The van der Waals surface area contributed by atoms with Gasteiger partial charge in [0.15, 0.2) is 0 Å². The number of ether oxygens (including phenoxy) is 1. The van der Waals surface area contributed by atoms with E-state index in [0.717, 1.165) is 32.9 Å². The molecule has 0 amide bonds. The lowest BCUT2D eigenvalue weighted by atomic mass is 9.90. The van der Waals surface area contributed by atoms with Gasteiger partial charge in [0, 0.05) is 16.8 Å². The predicted molar refractivity (Wildman–Crippen MR) is 118 cm³/mol. The lowest BCUT2D eigenvalue weighted by Gasteiger charge is -2.33. The molecule has 0 unspecified atom stereocenters. The first-order valence-corrected chi connectivity index (χ1v) is 10.5. The smallest absolute Gasteiger partial charge is 0.129 e. The Morgan fingerprint density at radius 3 is 2.63 bits per heavy atom. The first-order valence-electron chi connectivity index (χ1n) is 8.59. The second-order valence-corrected chi connectivity index (χ2v) is 9.04. The number of rotatable bonds is 3. The van der Waals surface area contributed by atoms with Gasteiger partial charge in [0.25, 0.3) is 0 Å². The number of nitrogens with one attached hydrogen (secondary N) is 1. The summed E-state index contributed by atoms with van der Waals surface area (Å²) in [6.45, 7) is 6.93. The largest absolute Gasteiger partial charge is 0.494 e. The Kier molecular flexibility index (Phi) is 4.75. The molecule has 27 heavy (non-hydrogen) atoms. The third-order valence-corrected chi connectivity index (χ3v) is 7.25. The molecule has 1 aliphatic rings. The van der Waals surface area contributed by atoms with Crippen molar-refractivity contribution in [3.63, 3.8) is 0 Å². The van der Waals surface area contributed by atoms with Gasteiger partial charge in [-0.05, 0) is 57.2 Å². The fraction of sp³-hybridized carbons (Fsp3) is 0.250. The summed E-state index contributed by atoms with van der Waals surface area (Å²) in [5, 5.41) is 4.66. The summed E-state index contributed by atoms with van der Waals surface area (Å²) in [5.74, 6) is 0.838. The molecule has 0 spiro atoms. The van der Waals surface area contributed by atoms with Crippen molar-refractivity contribution in [3.8, 4) is 22.6 Å². The Morgan fingerprint density at radius 2 is 1.93 bits per heavy atom. The Morgan fingerprint density at radius 1 is 1.15 bits per heavy atom. The average molecular weight is 437 g/mol. The molecular weight excluding hydrogens is 419 g/mol. The van der Waals surface area contributed by atoms with E-state index in [9.17, 15) is 0 Å². The van der Waals surface area contributed by atoms with Gasteiger partial charge in [0.1, 0.15) is 10.4 Å². The van der Waals surface area contributed by atoms with Gasteiger partial charge in [-0.1, -0.05) is 47.0 Å². The molecule has 140 valence electrons. The molecule has 4 rings (SSSR count). The molecule has 0 atom stereocenters. The third-order valence-electron chi connectivity index (χ3n) is 4.53. The fourth-order valence-electron chi connectivity index (χ4n) is 3.31. The van der Waals surface area contributed by atoms with Crippen LogP contribution >= 0.6 is 47.0 Å². The predicted octanol–water partition coefficient (Wildman–Crippen LogP) is 7.30. The molecule has 0 aliphatic carbocycles. The molecule has 0 fully saturated rings. The van der Waals surface area contributed by atoms with Crippen LogP contribution < -0.4 is 10.1 Å². The zero-order chi connectivity index (χ0) is 19.3. The van der Waals surface area contributed by atoms with Gasteiger partial charge < -0.3 is 10.1 Å². The highest BCUT2D eigenvalue weighted by atomic mass is 35.5. The van der Waals surface area contributed by atoms with E-state index in [-0.39, 0.29) is 5.54 Å². The fourth-order valence-corrected chi connectivity index (χ4v) is 5.25. The molecular formula is C20H18Cl2N2OS2. The van der Waals surface area contributed by atoms with Crippen LogP contribution in [0, 0.1) is 4.64 Å². The minimum atomic E-state index is -0.241. The number of nitrogens with zero attached hydrogens (tertiary/aromatic N) is 1. The maximum absolute atomic E-state index is 6.23. The lowest BCUT2D eigenvalue weighted by molar-refractivity contribution is 0.340. The molecule has 0 saturated heterocycles. The van der Waals surface area contributed by atoms with Crippen LogP contribution in [-0.2, 0) is 5.54 Å². The van der Waals surface area contributed by atoms with Gasteiger partial charge in [0.2, 0.25) is 0 Å². The standard InChI is InChI=1S/C20H18Cl2N2OS2/c1-4-25-12-6-8-16-13(10-12)17-18(20(2,3)23-16)27-24(19(17)26)11-5-7-14(21)15(22)9-11/h5-10,23H,4H2,1-3H3. The molecule has 2 heterocycles. The van der Waals surface area contributed by atoms with Crippen molar-refractivity contribution in [3.05, 3.63) is 56.0 Å². The molecule has 1 aromatic heterocycles. The van der Waals surface area contributed by atoms with Crippen molar-refractivity contribution in [1.82, 2.24) is 3.96 Å². The van der Waals surface area contributed by atoms with Crippen LogP contribution in [0.25, 0.3) is 16.8 Å². The van der Waals surface area contributed by atoms with Gasteiger partial charge in [-0.25, -0.2) is 0 Å². The quantitative estimate of drug-likeness (QED) is 0.436. The normalized spacial score (nSPS) is 14.3. The molecule has 1 aliphatic heterocycles. The molecule has 0 radical (unpaired) electrons. The molecule has 1 N–H and O–H groups in total. The Bertz CT molecular complexity index is 1100. The van der Waals surface area contributed by atoms with Crippen molar-refractivity contribution in [2.24, 2.45) is 0 Å². The highest BCUT2D eigenvalue weighted by Crippen LogP contribution is 2.48. The van der Waals surface area contributed by atoms with Crippen molar-refractivity contribution >= 4 is 52.6 Å². The van der Waals surface area contributed by atoms with E-state index in [1.54, 1.807) is 17.6 Å². The van der Waals surface area contributed by atoms with E-state index < -0.39 is 0 Å². The third kappa shape index (κ3) is 3.17. The number of benzene rings is 2. The number of anilines is 1. The maximum atomic E-state index is 6.23. The van der Waals surface area contributed by atoms with E-state index in [1.807, 2.05) is 29.1 Å². The Balaban J connectivity index is 1.96. The van der Waals surface area contributed by atoms with E-state index >= 15 is 0 Å². The van der Waals surface area contributed by atoms with Gasteiger partial charge >= 0.3 is 0 Å². The summed E-state index contributed by atoms with van der Waals surface area (Å²) in [4.78, 5) is 1.18. The molecule has 0 bridgehead atoms. The van der Waals surface area contributed by atoms with Gasteiger partial charge in [-0.15, -0.1) is 0 Å². The zero-order valence-corrected chi connectivity index (χ0v) is 18.2. The Labute approximate surface area is 177 Å². The van der Waals surface area contributed by atoms with Crippen molar-refractivity contribution in [2.45, 2.75) is 26.3 Å². The first-order chi connectivity index (χ1) is 12.8. The van der Waals surface area contributed by atoms with Crippen molar-refractivity contribution in [1.29, 1.82) is 0 Å². The van der Waals surface area contributed by atoms with E-state index in [1.165, 1.54) is 4.88 Å². The summed E-state index contributed by atoms with van der Waals surface area (Å²) < 4.78 is 8.50. The number of fused-ring (bicyclic) bond motifs is 3. The van der Waals surface area contributed by atoms with E-state index in [4.69, 9.17) is 40.2 Å². The summed E-state index contributed by atoms with van der Waals surface area (Å²) in [5.41, 5.74) is 3.86. The number of aromatic nitrogens is 1. The molecule has 7 heteroatoms. The van der Waals surface area contributed by atoms with Crippen LogP contribution in [0.4, 0.5) is 5.69 Å². The monoisotopic (exact) mass is 436 g/mol. The molecule has 3 aromatic rings. The lowest BCUT2D eigenvalue weighted by Crippen LogP contribution is -2.30. The number of hydrogen-bond acceptors (Lipinski definition) is 4. The van der Waals surface area contributed by atoms with Crippen LogP contribution in [0.3, 0.4) is 0 Å². The van der Waals surface area contributed by atoms with Crippen molar-refractivity contribution in [2.75, 3.05) is 11.9 Å². The number of halogens is 2. The maximum Gasteiger partial charge on any atom is 0.129 e. The van der Waals surface area contributed by atoms with Crippen LogP contribution in [0.1, 0.15) is 25.6 Å². The van der Waals surface area contributed by atoms with E-state index in [0.29, 0.717) is 16.7 Å². The summed E-state index contributed by atoms with van der Waals surface area (Å²) in [6.07, 6.45) is 0. The summed E-state index contributed by atoms with van der Waals surface area (Å²) >= 11 is 19.8. The summed E-state index contributed by atoms with van der Waals surface area (Å²) in [7, 11) is 0. The first kappa shape index (κ1) is 18.8. The van der Waals surface area contributed by atoms with Crippen LogP contribution in [0.15, 0.2) is 36.4 Å².